The highest BCUT2D eigenvalue weighted by atomic mass is 32.2. The van der Waals surface area contributed by atoms with Crippen LogP contribution in [0.2, 0.25) is 0 Å². The molecule has 2 aliphatic rings. The molecule has 2 aliphatic heterocycles. The number of thioether (sulfide) groups is 1. The Kier molecular flexibility index (Phi) is 5.85. The lowest BCUT2D eigenvalue weighted by Gasteiger charge is -2.22. The van der Waals surface area contributed by atoms with Gasteiger partial charge in [0.15, 0.2) is 16.7 Å². The quantitative estimate of drug-likeness (QED) is 0.357. The number of benzene rings is 2. The Balaban J connectivity index is 1.33. The monoisotopic (exact) mass is 487 g/mol. The average Bonchev–Trinajstić information content (AvgIpc) is 3.41. The van der Waals surface area contributed by atoms with Crippen LogP contribution < -0.4 is 14.4 Å². The molecule has 0 spiro atoms. The van der Waals surface area contributed by atoms with Crippen molar-refractivity contribution in [1.82, 2.24) is 9.97 Å². The number of hydrogen-bond acceptors (Lipinski definition) is 6. The summed E-state index contributed by atoms with van der Waals surface area (Å²) in [6, 6.07) is 13.5. The van der Waals surface area contributed by atoms with Gasteiger partial charge in [-0.1, -0.05) is 30.0 Å². The first-order valence-electron chi connectivity index (χ1n) is 10.7. The summed E-state index contributed by atoms with van der Waals surface area (Å²) in [4.78, 5) is 22.7. The van der Waals surface area contributed by atoms with Gasteiger partial charge in [-0.2, -0.15) is 13.2 Å². The summed E-state index contributed by atoms with van der Waals surface area (Å²) in [6.07, 6.45) is -3.69. The molecule has 10 heteroatoms. The number of hydrogen-bond donors (Lipinski definition) is 0. The van der Waals surface area contributed by atoms with Gasteiger partial charge in [0.2, 0.25) is 12.7 Å². The molecular weight excluding hydrogens is 467 g/mol. The van der Waals surface area contributed by atoms with E-state index >= 15 is 0 Å². The number of rotatable bonds is 5. The number of aromatic nitrogens is 2. The number of para-hydroxylation sites is 1. The second-order valence-electron chi connectivity index (χ2n) is 8.03. The summed E-state index contributed by atoms with van der Waals surface area (Å²) in [7, 11) is 0. The Morgan fingerprint density at radius 1 is 1.12 bits per heavy atom. The molecule has 1 atom stereocenters. The van der Waals surface area contributed by atoms with Crippen LogP contribution in [0.1, 0.15) is 24.6 Å². The number of fused-ring (bicyclic) bond motifs is 2. The van der Waals surface area contributed by atoms with E-state index in [9.17, 15) is 18.0 Å². The minimum absolute atomic E-state index is 0.0369. The van der Waals surface area contributed by atoms with Crippen molar-refractivity contribution < 1.29 is 27.4 Å². The number of amides is 1. The third-order valence-corrected chi connectivity index (χ3v) is 6.54. The summed E-state index contributed by atoms with van der Waals surface area (Å²) in [6.45, 7) is 2.05. The fourth-order valence-electron chi connectivity index (χ4n) is 4.13. The molecule has 2 aromatic carbocycles. The van der Waals surface area contributed by atoms with Gasteiger partial charge in [0, 0.05) is 29.5 Å². The van der Waals surface area contributed by atoms with Gasteiger partial charge in [0.25, 0.3) is 0 Å². The maximum absolute atomic E-state index is 13.5. The van der Waals surface area contributed by atoms with E-state index in [1.54, 1.807) is 23.1 Å². The molecule has 0 saturated carbocycles. The van der Waals surface area contributed by atoms with Crippen molar-refractivity contribution >= 4 is 23.4 Å². The lowest BCUT2D eigenvalue weighted by Crippen LogP contribution is -2.35. The van der Waals surface area contributed by atoms with Crippen LogP contribution in [-0.4, -0.2) is 34.5 Å². The van der Waals surface area contributed by atoms with Crippen molar-refractivity contribution in [2.45, 2.75) is 37.1 Å². The molecule has 3 heterocycles. The zero-order valence-electron chi connectivity index (χ0n) is 18.1. The number of nitrogens with zero attached hydrogens (tertiary/aromatic N) is 3. The highest BCUT2D eigenvalue weighted by Crippen LogP contribution is 2.38. The fourth-order valence-corrected chi connectivity index (χ4v) is 4.92. The van der Waals surface area contributed by atoms with Crippen LogP contribution in [0, 0.1) is 0 Å². The second kappa shape index (κ2) is 8.83. The number of carbonyl (C=O) groups excluding carboxylic acids is 1. The fraction of sp³-hybridized carbons (Fsp3) is 0.292. The number of carbonyl (C=O) groups is 1. The van der Waals surface area contributed by atoms with Crippen molar-refractivity contribution in [1.29, 1.82) is 0 Å². The SMILES string of the molecule is C[C@H]1Cc2ccccc2N1C(=O)CCSc1nc(-c2ccc3c(c2)OCO3)cc(C(F)(F)F)n1. The smallest absolute Gasteiger partial charge is 0.433 e. The zero-order valence-corrected chi connectivity index (χ0v) is 18.9. The van der Waals surface area contributed by atoms with Gasteiger partial charge in [-0.25, -0.2) is 9.97 Å². The van der Waals surface area contributed by atoms with E-state index in [1.807, 2.05) is 31.2 Å². The molecule has 0 radical (unpaired) electrons. The summed E-state index contributed by atoms with van der Waals surface area (Å²) >= 11 is 1.03. The zero-order chi connectivity index (χ0) is 23.9. The van der Waals surface area contributed by atoms with E-state index in [1.165, 1.54) is 0 Å². The standard InChI is InChI=1S/C24H20F3N3O3S/c1-14-10-16-4-2-3-5-18(16)30(14)22(31)8-9-34-23-28-17(12-21(29-23)24(25,26)27)15-6-7-19-20(11-15)33-13-32-19/h2-7,11-12,14H,8-10,13H2,1H3/t14-/m0/s1. The number of halogens is 3. The predicted octanol–water partition coefficient (Wildman–Crippen LogP) is 5.35. The number of ether oxygens (including phenoxy) is 2. The summed E-state index contributed by atoms with van der Waals surface area (Å²) in [5.74, 6) is 1.16. The number of anilines is 1. The average molecular weight is 488 g/mol. The topological polar surface area (TPSA) is 64.6 Å². The van der Waals surface area contributed by atoms with Crippen molar-refractivity contribution in [3.63, 3.8) is 0 Å². The van der Waals surface area contributed by atoms with Crippen LogP contribution in [0.15, 0.2) is 53.7 Å². The lowest BCUT2D eigenvalue weighted by molar-refractivity contribution is -0.141. The Bertz CT molecular complexity index is 1250. The summed E-state index contributed by atoms with van der Waals surface area (Å²) < 4.78 is 51.1. The van der Waals surface area contributed by atoms with Crippen LogP contribution in [0.25, 0.3) is 11.3 Å². The van der Waals surface area contributed by atoms with Crippen LogP contribution >= 0.6 is 11.8 Å². The van der Waals surface area contributed by atoms with Crippen molar-refractivity contribution in [2.75, 3.05) is 17.4 Å². The lowest BCUT2D eigenvalue weighted by atomic mass is 10.1. The molecule has 1 aromatic heterocycles. The van der Waals surface area contributed by atoms with Gasteiger partial charge in [0.1, 0.15) is 5.69 Å². The Hall–Kier alpha value is -3.27. The van der Waals surface area contributed by atoms with Crippen LogP contribution in [0.4, 0.5) is 18.9 Å². The highest BCUT2D eigenvalue weighted by Gasteiger charge is 2.34. The molecule has 0 saturated heterocycles. The molecule has 1 amide bonds. The molecule has 6 nitrogen and oxygen atoms in total. The van der Waals surface area contributed by atoms with Gasteiger partial charge in [-0.3, -0.25) is 4.79 Å². The van der Waals surface area contributed by atoms with Gasteiger partial charge < -0.3 is 14.4 Å². The molecule has 0 bridgehead atoms. The van der Waals surface area contributed by atoms with E-state index in [4.69, 9.17) is 9.47 Å². The normalized spacial score (nSPS) is 16.6. The molecule has 5 rings (SSSR count). The molecule has 34 heavy (non-hydrogen) atoms. The maximum Gasteiger partial charge on any atom is 0.433 e. The van der Waals surface area contributed by atoms with Gasteiger partial charge in [-0.15, -0.1) is 0 Å². The number of alkyl halides is 3. The van der Waals surface area contributed by atoms with E-state index in [-0.39, 0.29) is 41.8 Å². The van der Waals surface area contributed by atoms with E-state index in [0.29, 0.717) is 17.1 Å². The van der Waals surface area contributed by atoms with Crippen LogP contribution in [-0.2, 0) is 17.4 Å². The molecular formula is C24H20F3N3O3S. The minimum Gasteiger partial charge on any atom is -0.454 e. The Labute approximate surface area is 198 Å². The van der Waals surface area contributed by atoms with Gasteiger partial charge in [-0.05, 0) is 49.2 Å². The van der Waals surface area contributed by atoms with Crippen molar-refractivity contribution in [3.05, 3.63) is 59.8 Å². The van der Waals surface area contributed by atoms with Crippen LogP contribution in [0.5, 0.6) is 11.5 Å². The van der Waals surface area contributed by atoms with E-state index in [2.05, 4.69) is 9.97 Å². The summed E-state index contributed by atoms with van der Waals surface area (Å²) in [5, 5.41) is -0.0369. The first-order valence-corrected chi connectivity index (χ1v) is 11.7. The molecule has 0 unspecified atom stereocenters. The Morgan fingerprint density at radius 3 is 2.74 bits per heavy atom. The predicted molar refractivity (Wildman–Crippen MR) is 121 cm³/mol. The summed E-state index contributed by atoms with van der Waals surface area (Å²) in [5.41, 5.74) is 1.55. The van der Waals surface area contributed by atoms with Crippen LogP contribution in [0.3, 0.4) is 0 Å². The van der Waals surface area contributed by atoms with Gasteiger partial charge >= 0.3 is 6.18 Å². The molecule has 3 aromatic rings. The largest absolute Gasteiger partial charge is 0.454 e. The van der Waals surface area contributed by atoms with Gasteiger partial charge in [0.05, 0.1) is 5.69 Å². The third kappa shape index (κ3) is 4.42. The van der Waals surface area contributed by atoms with Crippen molar-refractivity contribution in [2.24, 2.45) is 0 Å². The first kappa shape index (κ1) is 22.5. The second-order valence-corrected chi connectivity index (χ2v) is 9.09. The van der Waals surface area contributed by atoms with E-state index in [0.717, 1.165) is 35.5 Å². The third-order valence-electron chi connectivity index (χ3n) is 5.69. The van der Waals surface area contributed by atoms with E-state index < -0.39 is 11.9 Å². The molecule has 0 aliphatic carbocycles. The minimum atomic E-state index is -4.63. The molecule has 0 N–H and O–H groups in total. The maximum atomic E-state index is 13.5. The molecule has 0 fully saturated rings. The highest BCUT2D eigenvalue weighted by molar-refractivity contribution is 7.99. The molecule has 176 valence electrons. The van der Waals surface area contributed by atoms with Crippen molar-refractivity contribution in [3.8, 4) is 22.8 Å². The Morgan fingerprint density at radius 2 is 1.91 bits per heavy atom. The first-order chi connectivity index (χ1) is 16.3.